The number of amides is 1. The molecule has 1 aromatic heterocycles. The number of rotatable bonds is 6. The fourth-order valence-electron chi connectivity index (χ4n) is 2.77. The van der Waals surface area contributed by atoms with Gasteiger partial charge in [-0.2, -0.15) is 0 Å². The molecule has 1 aromatic rings. The van der Waals surface area contributed by atoms with Crippen LogP contribution in [0.5, 0.6) is 0 Å². The Kier molecular flexibility index (Phi) is 5.11. The van der Waals surface area contributed by atoms with Crippen LogP contribution in [-0.2, 0) is 4.79 Å². The fraction of sp³-hybridized carbons (Fsp3) is 0.688. The highest BCUT2D eigenvalue weighted by atomic mass is 32.2. The summed E-state index contributed by atoms with van der Waals surface area (Å²) in [5, 5.41) is 12.3. The average Bonchev–Trinajstić information content (AvgIpc) is 3.31. The number of nitrogens with zero attached hydrogens (tertiary/aromatic N) is 4. The van der Waals surface area contributed by atoms with Crippen molar-refractivity contribution >= 4 is 23.6 Å². The van der Waals surface area contributed by atoms with Crippen molar-refractivity contribution in [1.82, 2.24) is 20.1 Å². The molecule has 3 rings (SSSR count). The molecule has 2 heterocycles. The van der Waals surface area contributed by atoms with Crippen LogP contribution in [0.1, 0.15) is 38.6 Å². The zero-order valence-corrected chi connectivity index (χ0v) is 14.3. The highest BCUT2D eigenvalue weighted by Crippen LogP contribution is 2.41. The first kappa shape index (κ1) is 16.2. The van der Waals surface area contributed by atoms with Crippen molar-refractivity contribution in [3.05, 3.63) is 0 Å². The van der Waals surface area contributed by atoms with Gasteiger partial charge in [-0.15, -0.1) is 16.6 Å². The van der Waals surface area contributed by atoms with Crippen molar-refractivity contribution in [1.29, 1.82) is 0 Å². The second kappa shape index (κ2) is 7.26. The van der Waals surface area contributed by atoms with Gasteiger partial charge in [-0.25, -0.2) is 0 Å². The fourth-order valence-corrected chi connectivity index (χ4v) is 3.61. The van der Waals surface area contributed by atoms with Gasteiger partial charge in [-0.3, -0.25) is 9.36 Å². The van der Waals surface area contributed by atoms with E-state index in [9.17, 15) is 4.79 Å². The van der Waals surface area contributed by atoms with Crippen molar-refractivity contribution in [3.63, 3.8) is 0 Å². The van der Waals surface area contributed by atoms with Gasteiger partial charge in [0.25, 0.3) is 0 Å². The third-order valence-corrected chi connectivity index (χ3v) is 5.29. The first-order chi connectivity index (χ1) is 11.2. The molecule has 0 bridgehead atoms. The van der Waals surface area contributed by atoms with E-state index in [1.165, 1.54) is 37.4 Å². The molecule has 1 saturated heterocycles. The number of nitrogens with one attached hydrogen (secondary N) is 1. The molecule has 2 aliphatic rings. The molecular weight excluding hydrogens is 310 g/mol. The topological polar surface area (TPSA) is 63.1 Å². The molecule has 124 valence electrons. The molecule has 1 saturated carbocycles. The largest absolute Gasteiger partial charge is 0.344 e. The van der Waals surface area contributed by atoms with Crippen molar-refractivity contribution in [3.8, 4) is 12.3 Å². The van der Waals surface area contributed by atoms with E-state index in [0.29, 0.717) is 11.8 Å². The maximum absolute atomic E-state index is 11.7. The van der Waals surface area contributed by atoms with E-state index in [0.717, 1.165) is 30.1 Å². The summed E-state index contributed by atoms with van der Waals surface area (Å²) in [7, 11) is 0. The lowest BCUT2D eigenvalue weighted by molar-refractivity contribution is -0.118. The zero-order valence-electron chi connectivity index (χ0n) is 13.5. The summed E-state index contributed by atoms with van der Waals surface area (Å²) in [6.45, 7) is 4.66. The number of carbonyl (C=O) groups excluding carboxylic acids is 1. The summed E-state index contributed by atoms with van der Waals surface area (Å²) in [6, 6.07) is 0.496. The number of hydrogen-bond donors (Lipinski definition) is 1. The van der Waals surface area contributed by atoms with Crippen LogP contribution in [-0.4, -0.2) is 46.1 Å². The normalized spacial score (nSPS) is 18.7. The molecule has 7 heteroatoms. The zero-order chi connectivity index (χ0) is 16.2. The van der Waals surface area contributed by atoms with Crippen LogP contribution in [0.4, 0.5) is 5.95 Å². The molecule has 1 N–H and O–H groups in total. The smallest absolute Gasteiger partial charge is 0.231 e. The molecule has 0 spiro atoms. The number of piperidine rings is 1. The quantitative estimate of drug-likeness (QED) is 0.634. The summed E-state index contributed by atoms with van der Waals surface area (Å²) in [5.74, 6) is 4.43. The van der Waals surface area contributed by atoms with Crippen molar-refractivity contribution in [2.45, 2.75) is 43.8 Å². The van der Waals surface area contributed by atoms with E-state index in [1.807, 2.05) is 0 Å². The molecule has 23 heavy (non-hydrogen) atoms. The number of terminal acetylenes is 1. The van der Waals surface area contributed by atoms with Gasteiger partial charge >= 0.3 is 0 Å². The van der Waals surface area contributed by atoms with Gasteiger partial charge < -0.3 is 10.2 Å². The molecule has 0 radical (unpaired) electrons. The lowest BCUT2D eigenvalue weighted by atomic mass is 10.00. The van der Waals surface area contributed by atoms with Crippen LogP contribution in [0.15, 0.2) is 5.16 Å². The predicted octanol–water partition coefficient (Wildman–Crippen LogP) is 1.69. The second-order valence-corrected chi connectivity index (χ2v) is 7.27. The van der Waals surface area contributed by atoms with Crippen LogP contribution in [0.25, 0.3) is 0 Å². The average molecular weight is 333 g/mol. The highest BCUT2D eigenvalue weighted by Gasteiger charge is 2.32. The van der Waals surface area contributed by atoms with Crippen molar-refractivity contribution in [2.75, 3.05) is 30.3 Å². The molecule has 1 amide bonds. The summed E-state index contributed by atoms with van der Waals surface area (Å²) < 4.78 is 2.23. The predicted molar refractivity (Wildman–Crippen MR) is 91.5 cm³/mol. The molecule has 0 unspecified atom stereocenters. The minimum Gasteiger partial charge on any atom is -0.344 e. The Morgan fingerprint density at radius 1 is 1.35 bits per heavy atom. The molecular formula is C16H23N5OS. The third kappa shape index (κ3) is 3.99. The minimum absolute atomic E-state index is 0.0633. The summed E-state index contributed by atoms with van der Waals surface area (Å²) in [5.41, 5.74) is 0. The number of hydrogen-bond acceptors (Lipinski definition) is 5. The SMILES string of the molecule is C#CCNC(=O)CSc1nnc(N2CCC(C)CC2)n1C1CC1. The van der Waals surface area contributed by atoms with Crippen LogP contribution in [0.3, 0.4) is 0 Å². The number of aromatic nitrogens is 3. The first-order valence-electron chi connectivity index (χ1n) is 8.22. The number of thioether (sulfide) groups is 1. The Morgan fingerprint density at radius 3 is 2.74 bits per heavy atom. The van der Waals surface area contributed by atoms with E-state index >= 15 is 0 Å². The summed E-state index contributed by atoms with van der Waals surface area (Å²) in [6.07, 6.45) is 9.90. The van der Waals surface area contributed by atoms with E-state index in [4.69, 9.17) is 6.42 Å². The van der Waals surface area contributed by atoms with Crippen molar-refractivity contribution < 1.29 is 4.79 Å². The van der Waals surface area contributed by atoms with Gasteiger partial charge in [0.05, 0.1) is 12.3 Å². The van der Waals surface area contributed by atoms with E-state index in [2.05, 4.69) is 37.8 Å². The highest BCUT2D eigenvalue weighted by molar-refractivity contribution is 7.99. The Balaban J connectivity index is 1.67. The second-order valence-electron chi connectivity index (χ2n) is 6.32. The van der Waals surface area contributed by atoms with Crippen LogP contribution >= 0.6 is 11.8 Å². The van der Waals surface area contributed by atoms with Gasteiger partial charge in [0.1, 0.15) is 0 Å². The maximum Gasteiger partial charge on any atom is 0.231 e. The maximum atomic E-state index is 11.7. The van der Waals surface area contributed by atoms with Gasteiger partial charge in [0.2, 0.25) is 11.9 Å². The third-order valence-electron chi connectivity index (χ3n) is 4.35. The molecule has 2 fully saturated rings. The van der Waals surface area contributed by atoms with Crippen LogP contribution in [0.2, 0.25) is 0 Å². The van der Waals surface area contributed by atoms with Gasteiger partial charge in [0.15, 0.2) is 5.16 Å². The standard InChI is InChI=1S/C16H23N5OS/c1-3-8-17-14(22)11-23-16-19-18-15(21(16)13-4-5-13)20-9-6-12(2)7-10-20/h1,12-13H,4-11H2,2H3,(H,17,22). The van der Waals surface area contributed by atoms with Gasteiger partial charge in [-0.05, 0) is 31.6 Å². The Bertz CT molecular complexity index is 596. The number of anilines is 1. The van der Waals surface area contributed by atoms with Crippen LogP contribution < -0.4 is 10.2 Å². The first-order valence-corrected chi connectivity index (χ1v) is 9.20. The Labute approximate surface area is 141 Å². The van der Waals surface area contributed by atoms with E-state index in [-0.39, 0.29) is 12.5 Å². The Morgan fingerprint density at radius 2 is 2.09 bits per heavy atom. The summed E-state index contributed by atoms with van der Waals surface area (Å²) in [4.78, 5) is 14.1. The summed E-state index contributed by atoms with van der Waals surface area (Å²) >= 11 is 1.44. The van der Waals surface area contributed by atoms with E-state index < -0.39 is 0 Å². The lowest BCUT2D eigenvalue weighted by Gasteiger charge is -2.31. The van der Waals surface area contributed by atoms with Crippen molar-refractivity contribution in [2.24, 2.45) is 5.92 Å². The molecule has 6 nitrogen and oxygen atoms in total. The molecule has 0 aromatic carbocycles. The van der Waals surface area contributed by atoms with E-state index in [1.54, 1.807) is 0 Å². The van der Waals surface area contributed by atoms with Crippen LogP contribution in [0, 0.1) is 18.3 Å². The van der Waals surface area contributed by atoms with Gasteiger partial charge in [-0.1, -0.05) is 24.6 Å². The monoisotopic (exact) mass is 333 g/mol. The molecule has 0 atom stereocenters. The lowest BCUT2D eigenvalue weighted by Crippen LogP contribution is -2.34. The van der Waals surface area contributed by atoms with Gasteiger partial charge in [0, 0.05) is 19.1 Å². The molecule has 1 aliphatic heterocycles. The number of carbonyl (C=O) groups is 1. The Hall–Kier alpha value is -1.68. The minimum atomic E-state index is -0.0633. The molecule has 1 aliphatic carbocycles.